The highest BCUT2D eigenvalue weighted by atomic mass is 32.2. The van der Waals surface area contributed by atoms with Crippen molar-refractivity contribution >= 4 is 10.0 Å². The molecule has 1 rings (SSSR count). The lowest BCUT2D eigenvalue weighted by molar-refractivity contribution is 0.441. The zero-order valence-corrected chi connectivity index (χ0v) is 13.8. The molecule has 0 unspecified atom stereocenters. The second-order valence-electron chi connectivity index (χ2n) is 5.00. The van der Waals surface area contributed by atoms with E-state index < -0.39 is 10.0 Å². The van der Waals surface area contributed by atoms with E-state index in [1.54, 1.807) is 6.08 Å². The number of rotatable bonds is 10. The van der Waals surface area contributed by atoms with Gasteiger partial charge in [0.25, 0.3) is 0 Å². The predicted molar refractivity (Wildman–Crippen MR) is 88.5 cm³/mol. The Bertz CT molecular complexity index is 524. The largest absolute Gasteiger partial charge is 0.313 e. The molecule has 1 aromatic rings. The Balaban J connectivity index is 2.75. The van der Waals surface area contributed by atoms with Crippen LogP contribution in [0, 0.1) is 0 Å². The molecule has 0 atom stereocenters. The van der Waals surface area contributed by atoms with Gasteiger partial charge in [-0.1, -0.05) is 44.2 Å². The van der Waals surface area contributed by atoms with Crippen LogP contribution < -0.4 is 5.32 Å². The topological polar surface area (TPSA) is 49.4 Å². The molecule has 1 N–H and O–H groups in total. The summed E-state index contributed by atoms with van der Waals surface area (Å²) >= 11 is 0. The maximum Gasteiger partial charge on any atom is 0.218 e. The fourth-order valence-electron chi connectivity index (χ4n) is 2.06. The summed E-state index contributed by atoms with van der Waals surface area (Å²) in [6, 6.07) is 7.74. The van der Waals surface area contributed by atoms with E-state index in [2.05, 4.69) is 18.8 Å². The molecule has 0 aromatic heterocycles. The second kappa shape index (κ2) is 8.97. The Hall–Kier alpha value is -1.17. The fraction of sp³-hybridized carbons (Fsp3) is 0.500. The van der Waals surface area contributed by atoms with Crippen molar-refractivity contribution in [3.05, 3.63) is 48.0 Å². The van der Waals surface area contributed by atoms with Crippen LogP contribution in [0.3, 0.4) is 0 Å². The lowest BCUT2D eigenvalue weighted by atomic mass is 10.1. The molecule has 0 saturated carbocycles. The Morgan fingerprint density at radius 1 is 1.19 bits per heavy atom. The van der Waals surface area contributed by atoms with Gasteiger partial charge in [0.05, 0.1) is 5.75 Å². The van der Waals surface area contributed by atoms with Crippen molar-refractivity contribution in [2.75, 3.05) is 19.6 Å². The van der Waals surface area contributed by atoms with E-state index >= 15 is 0 Å². The maximum absolute atomic E-state index is 12.4. The number of benzene rings is 1. The maximum atomic E-state index is 12.4. The number of nitrogens with zero attached hydrogens (tertiary/aromatic N) is 1. The van der Waals surface area contributed by atoms with Gasteiger partial charge in [-0.2, -0.15) is 4.31 Å². The normalized spacial score (nSPS) is 11.8. The summed E-state index contributed by atoms with van der Waals surface area (Å²) in [5.74, 6) is 0.0440. The van der Waals surface area contributed by atoms with Crippen LogP contribution in [0.2, 0.25) is 0 Å². The zero-order chi connectivity index (χ0) is 15.7. The molecule has 0 radical (unpaired) electrons. The molecule has 0 fully saturated rings. The average Bonchev–Trinajstić information content (AvgIpc) is 2.46. The average molecular weight is 310 g/mol. The first-order valence-corrected chi connectivity index (χ1v) is 9.01. The molecule has 0 amide bonds. The van der Waals surface area contributed by atoms with Gasteiger partial charge in [0.2, 0.25) is 10.0 Å². The van der Waals surface area contributed by atoms with Crippen LogP contribution >= 0.6 is 0 Å². The monoisotopic (exact) mass is 310 g/mol. The first-order valence-electron chi connectivity index (χ1n) is 7.40. The SMILES string of the molecule is C=CCN(CCC)S(=O)(=O)Cc1ccc(CNCC)cc1. The highest BCUT2D eigenvalue weighted by Crippen LogP contribution is 2.13. The van der Waals surface area contributed by atoms with Crippen molar-refractivity contribution in [2.24, 2.45) is 0 Å². The van der Waals surface area contributed by atoms with Crippen molar-refractivity contribution in [3.63, 3.8) is 0 Å². The van der Waals surface area contributed by atoms with Gasteiger partial charge in [-0.15, -0.1) is 6.58 Å². The first kappa shape index (κ1) is 17.9. The number of hydrogen-bond acceptors (Lipinski definition) is 3. The van der Waals surface area contributed by atoms with Crippen LogP contribution in [-0.2, 0) is 22.3 Å². The van der Waals surface area contributed by atoms with Gasteiger partial charge in [-0.3, -0.25) is 0 Å². The zero-order valence-electron chi connectivity index (χ0n) is 13.0. The van der Waals surface area contributed by atoms with Crippen molar-refractivity contribution in [3.8, 4) is 0 Å². The highest BCUT2D eigenvalue weighted by Gasteiger charge is 2.20. The van der Waals surface area contributed by atoms with E-state index in [4.69, 9.17) is 0 Å². The molecule has 0 heterocycles. The van der Waals surface area contributed by atoms with Crippen LogP contribution in [-0.4, -0.2) is 32.4 Å². The molecule has 5 heteroatoms. The van der Waals surface area contributed by atoms with Crippen LogP contribution in [0.1, 0.15) is 31.4 Å². The molecular weight excluding hydrogens is 284 g/mol. The van der Waals surface area contributed by atoms with Crippen molar-refractivity contribution in [2.45, 2.75) is 32.6 Å². The number of sulfonamides is 1. The van der Waals surface area contributed by atoms with Crippen molar-refractivity contribution < 1.29 is 8.42 Å². The van der Waals surface area contributed by atoms with E-state index in [1.807, 2.05) is 31.2 Å². The van der Waals surface area contributed by atoms with Crippen LogP contribution in [0.5, 0.6) is 0 Å². The lowest BCUT2D eigenvalue weighted by Crippen LogP contribution is -2.33. The second-order valence-corrected chi connectivity index (χ2v) is 6.97. The molecule has 21 heavy (non-hydrogen) atoms. The predicted octanol–water partition coefficient (Wildman–Crippen LogP) is 2.52. The quantitative estimate of drug-likeness (QED) is 0.676. The van der Waals surface area contributed by atoms with Crippen molar-refractivity contribution in [1.29, 1.82) is 0 Å². The smallest absolute Gasteiger partial charge is 0.218 e. The summed E-state index contributed by atoms with van der Waals surface area (Å²) in [7, 11) is -3.28. The van der Waals surface area contributed by atoms with Gasteiger partial charge < -0.3 is 5.32 Å². The van der Waals surface area contributed by atoms with Crippen LogP contribution in [0.15, 0.2) is 36.9 Å². The van der Waals surface area contributed by atoms with E-state index in [0.29, 0.717) is 13.1 Å². The third kappa shape index (κ3) is 5.99. The van der Waals surface area contributed by atoms with E-state index in [1.165, 1.54) is 4.31 Å². The summed E-state index contributed by atoms with van der Waals surface area (Å²) < 4.78 is 26.3. The Morgan fingerprint density at radius 3 is 2.33 bits per heavy atom. The summed E-state index contributed by atoms with van der Waals surface area (Å²) in [5.41, 5.74) is 1.98. The molecule has 0 saturated heterocycles. The molecule has 0 aliphatic heterocycles. The fourth-order valence-corrected chi connectivity index (χ4v) is 3.65. The highest BCUT2D eigenvalue weighted by molar-refractivity contribution is 7.88. The summed E-state index contributed by atoms with van der Waals surface area (Å²) in [6.45, 7) is 10.3. The van der Waals surface area contributed by atoms with Gasteiger partial charge in [0, 0.05) is 19.6 Å². The molecule has 1 aromatic carbocycles. The Morgan fingerprint density at radius 2 is 1.81 bits per heavy atom. The third-order valence-corrected chi connectivity index (χ3v) is 4.97. The molecule has 0 aliphatic rings. The Labute approximate surface area is 128 Å². The van der Waals surface area contributed by atoms with E-state index in [9.17, 15) is 8.42 Å². The number of nitrogens with one attached hydrogen (secondary N) is 1. The minimum absolute atomic E-state index is 0.0440. The van der Waals surface area contributed by atoms with Gasteiger partial charge >= 0.3 is 0 Å². The summed E-state index contributed by atoms with van der Waals surface area (Å²) in [6.07, 6.45) is 2.43. The summed E-state index contributed by atoms with van der Waals surface area (Å²) in [4.78, 5) is 0. The lowest BCUT2D eigenvalue weighted by Gasteiger charge is -2.20. The van der Waals surface area contributed by atoms with Gasteiger partial charge in [0.15, 0.2) is 0 Å². The third-order valence-electron chi connectivity index (χ3n) is 3.15. The molecule has 4 nitrogen and oxygen atoms in total. The Kier molecular flexibility index (Phi) is 7.64. The minimum Gasteiger partial charge on any atom is -0.313 e. The van der Waals surface area contributed by atoms with Gasteiger partial charge in [-0.25, -0.2) is 8.42 Å². The standard InChI is InChI=1S/C16H26N2O2S/c1-4-11-18(12-5-2)21(19,20)14-16-9-7-15(8-10-16)13-17-6-3/h4,7-10,17H,1,5-6,11-14H2,2-3H3. The minimum atomic E-state index is -3.28. The molecule has 0 bridgehead atoms. The van der Waals surface area contributed by atoms with Gasteiger partial charge in [-0.05, 0) is 24.1 Å². The van der Waals surface area contributed by atoms with Crippen LogP contribution in [0.25, 0.3) is 0 Å². The summed E-state index contributed by atoms with van der Waals surface area (Å²) in [5, 5.41) is 3.25. The van der Waals surface area contributed by atoms with Crippen LogP contribution in [0.4, 0.5) is 0 Å². The number of hydrogen-bond donors (Lipinski definition) is 1. The van der Waals surface area contributed by atoms with Crippen molar-refractivity contribution in [1.82, 2.24) is 9.62 Å². The molecular formula is C16H26N2O2S. The van der Waals surface area contributed by atoms with E-state index in [0.717, 1.165) is 30.6 Å². The molecule has 118 valence electrons. The van der Waals surface area contributed by atoms with Gasteiger partial charge in [0.1, 0.15) is 0 Å². The molecule has 0 aliphatic carbocycles. The first-order chi connectivity index (χ1) is 10.0. The van der Waals surface area contributed by atoms with E-state index in [-0.39, 0.29) is 5.75 Å². The molecule has 0 spiro atoms.